The smallest absolute Gasteiger partial charge is 0.265 e. The SMILES string of the molecule is Cc1cccc(C)c1OC(C)C(=O)Nc1ccccc1C(=O)NCC1CCCO1. The van der Waals surface area contributed by atoms with Gasteiger partial charge in [0.05, 0.1) is 17.4 Å². The molecule has 29 heavy (non-hydrogen) atoms. The number of amides is 2. The van der Waals surface area contributed by atoms with Gasteiger partial charge < -0.3 is 20.1 Å². The van der Waals surface area contributed by atoms with Gasteiger partial charge in [-0.2, -0.15) is 0 Å². The maximum Gasteiger partial charge on any atom is 0.265 e. The van der Waals surface area contributed by atoms with Crippen LogP contribution in [0.5, 0.6) is 5.75 Å². The van der Waals surface area contributed by atoms with Gasteiger partial charge in [-0.1, -0.05) is 30.3 Å². The number of anilines is 1. The van der Waals surface area contributed by atoms with E-state index in [2.05, 4.69) is 10.6 Å². The average molecular weight is 396 g/mol. The van der Waals surface area contributed by atoms with E-state index in [0.717, 1.165) is 30.6 Å². The Labute approximate surface area is 171 Å². The van der Waals surface area contributed by atoms with Crippen LogP contribution in [-0.2, 0) is 9.53 Å². The molecule has 2 atom stereocenters. The monoisotopic (exact) mass is 396 g/mol. The maximum atomic E-state index is 12.7. The first-order chi connectivity index (χ1) is 14.0. The van der Waals surface area contributed by atoms with Gasteiger partial charge in [0.1, 0.15) is 5.75 Å². The highest BCUT2D eigenvalue weighted by atomic mass is 16.5. The number of carbonyl (C=O) groups is 2. The van der Waals surface area contributed by atoms with E-state index in [1.165, 1.54) is 0 Å². The number of ether oxygens (including phenoxy) is 2. The average Bonchev–Trinajstić information content (AvgIpc) is 3.23. The van der Waals surface area contributed by atoms with Crippen LogP contribution >= 0.6 is 0 Å². The molecule has 1 aliphatic rings. The molecule has 2 unspecified atom stereocenters. The van der Waals surface area contributed by atoms with Crippen molar-refractivity contribution >= 4 is 17.5 Å². The molecule has 6 nitrogen and oxygen atoms in total. The summed E-state index contributed by atoms with van der Waals surface area (Å²) >= 11 is 0. The summed E-state index contributed by atoms with van der Waals surface area (Å²) in [7, 11) is 0. The van der Waals surface area contributed by atoms with E-state index in [-0.39, 0.29) is 17.9 Å². The van der Waals surface area contributed by atoms with Crippen LogP contribution in [0.15, 0.2) is 42.5 Å². The third-order valence-corrected chi connectivity index (χ3v) is 5.02. The second-order valence-electron chi connectivity index (χ2n) is 7.36. The Morgan fingerprint density at radius 3 is 2.55 bits per heavy atom. The Balaban J connectivity index is 1.64. The number of hydrogen-bond acceptors (Lipinski definition) is 4. The van der Waals surface area contributed by atoms with Crippen molar-refractivity contribution in [3.8, 4) is 5.75 Å². The van der Waals surface area contributed by atoms with Gasteiger partial charge in [0.25, 0.3) is 11.8 Å². The molecule has 154 valence electrons. The van der Waals surface area contributed by atoms with Crippen LogP contribution < -0.4 is 15.4 Å². The lowest BCUT2D eigenvalue weighted by Gasteiger charge is -2.19. The van der Waals surface area contributed by atoms with Crippen LogP contribution in [0.2, 0.25) is 0 Å². The molecule has 3 rings (SSSR count). The van der Waals surface area contributed by atoms with Crippen molar-refractivity contribution in [2.24, 2.45) is 0 Å². The second-order valence-corrected chi connectivity index (χ2v) is 7.36. The molecule has 1 saturated heterocycles. The Bertz CT molecular complexity index is 855. The number of aryl methyl sites for hydroxylation is 2. The third kappa shape index (κ3) is 5.35. The highest BCUT2D eigenvalue weighted by Gasteiger charge is 2.21. The van der Waals surface area contributed by atoms with Crippen molar-refractivity contribution in [1.29, 1.82) is 0 Å². The van der Waals surface area contributed by atoms with Crippen LogP contribution in [0.3, 0.4) is 0 Å². The van der Waals surface area contributed by atoms with Crippen molar-refractivity contribution in [3.05, 3.63) is 59.2 Å². The minimum Gasteiger partial charge on any atom is -0.480 e. The summed E-state index contributed by atoms with van der Waals surface area (Å²) in [5.41, 5.74) is 2.81. The van der Waals surface area contributed by atoms with Crippen LogP contribution in [0, 0.1) is 13.8 Å². The summed E-state index contributed by atoms with van der Waals surface area (Å²) in [6.07, 6.45) is 1.32. The summed E-state index contributed by atoms with van der Waals surface area (Å²) < 4.78 is 11.4. The number of hydrogen-bond donors (Lipinski definition) is 2. The Hall–Kier alpha value is -2.86. The fourth-order valence-electron chi connectivity index (χ4n) is 3.35. The number of para-hydroxylation sites is 2. The Morgan fingerprint density at radius 2 is 1.86 bits per heavy atom. The van der Waals surface area contributed by atoms with Gasteiger partial charge in [-0.15, -0.1) is 0 Å². The van der Waals surface area contributed by atoms with E-state index in [0.29, 0.717) is 23.5 Å². The number of benzene rings is 2. The summed E-state index contributed by atoms with van der Waals surface area (Å²) in [4.78, 5) is 25.3. The number of nitrogens with one attached hydrogen (secondary N) is 2. The molecule has 2 aromatic rings. The molecule has 2 N–H and O–H groups in total. The molecule has 0 saturated carbocycles. The lowest BCUT2D eigenvalue weighted by molar-refractivity contribution is -0.122. The van der Waals surface area contributed by atoms with Crippen molar-refractivity contribution in [2.45, 2.75) is 45.8 Å². The zero-order valence-electron chi connectivity index (χ0n) is 17.2. The quantitative estimate of drug-likeness (QED) is 0.749. The van der Waals surface area contributed by atoms with Crippen molar-refractivity contribution < 1.29 is 19.1 Å². The van der Waals surface area contributed by atoms with Gasteiger partial charge in [-0.05, 0) is 56.9 Å². The van der Waals surface area contributed by atoms with E-state index in [4.69, 9.17) is 9.47 Å². The van der Waals surface area contributed by atoms with Crippen LogP contribution in [0.25, 0.3) is 0 Å². The molecule has 2 aromatic carbocycles. The summed E-state index contributed by atoms with van der Waals surface area (Å²) in [5, 5.41) is 5.71. The number of rotatable bonds is 7. The number of carbonyl (C=O) groups excluding carboxylic acids is 2. The van der Waals surface area contributed by atoms with Crippen molar-refractivity contribution in [1.82, 2.24) is 5.32 Å². The van der Waals surface area contributed by atoms with E-state index in [1.54, 1.807) is 31.2 Å². The van der Waals surface area contributed by atoms with Crippen molar-refractivity contribution in [3.63, 3.8) is 0 Å². The maximum absolute atomic E-state index is 12.7. The lowest BCUT2D eigenvalue weighted by atomic mass is 10.1. The largest absolute Gasteiger partial charge is 0.480 e. The lowest BCUT2D eigenvalue weighted by Crippen LogP contribution is -2.34. The molecule has 0 spiro atoms. The standard InChI is InChI=1S/C23H28N2O4/c1-15-8-6-9-16(2)21(15)29-17(3)22(26)25-20-12-5-4-11-19(20)23(27)24-14-18-10-7-13-28-18/h4-6,8-9,11-12,17-18H,7,10,13-14H2,1-3H3,(H,24,27)(H,25,26). The van der Waals surface area contributed by atoms with E-state index < -0.39 is 6.10 Å². The van der Waals surface area contributed by atoms with Gasteiger partial charge in [0.2, 0.25) is 0 Å². The van der Waals surface area contributed by atoms with E-state index >= 15 is 0 Å². The topological polar surface area (TPSA) is 76.7 Å². The summed E-state index contributed by atoms with van der Waals surface area (Å²) in [5.74, 6) is 0.157. The van der Waals surface area contributed by atoms with Crippen molar-refractivity contribution in [2.75, 3.05) is 18.5 Å². The van der Waals surface area contributed by atoms with Crippen LogP contribution in [0.1, 0.15) is 41.3 Å². The van der Waals surface area contributed by atoms with E-state index in [1.807, 2.05) is 32.0 Å². The Kier molecular flexibility index (Phi) is 6.88. The molecule has 0 aliphatic carbocycles. The van der Waals surface area contributed by atoms with E-state index in [9.17, 15) is 9.59 Å². The third-order valence-electron chi connectivity index (χ3n) is 5.02. The highest BCUT2D eigenvalue weighted by Crippen LogP contribution is 2.24. The zero-order valence-corrected chi connectivity index (χ0v) is 17.2. The first-order valence-electron chi connectivity index (χ1n) is 9.98. The highest BCUT2D eigenvalue weighted by molar-refractivity contribution is 6.04. The molecular formula is C23H28N2O4. The molecule has 0 radical (unpaired) electrons. The van der Waals surface area contributed by atoms with Crippen LogP contribution in [-0.4, -0.2) is 37.2 Å². The summed E-state index contributed by atoms with van der Waals surface area (Å²) in [6, 6.07) is 12.8. The molecule has 6 heteroatoms. The van der Waals surface area contributed by atoms with Gasteiger partial charge in [0.15, 0.2) is 6.10 Å². The Morgan fingerprint density at radius 1 is 1.14 bits per heavy atom. The van der Waals surface area contributed by atoms with Gasteiger partial charge in [0, 0.05) is 13.2 Å². The first kappa shape index (κ1) is 20.9. The summed E-state index contributed by atoms with van der Waals surface area (Å²) in [6.45, 7) is 6.79. The molecule has 0 aromatic heterocycles. The first-order valence-corrected chi connectivity index (χ1v) is 9.98. The predicted octanol–water partition coefficient (Wildman–Crippen LogP) is 3.62. The molecule has 1 aliphatic heterocycles. The molecule has 1 heterocycles. The zero-order chi connectivity index (χ0) is 20.8. The fraction of sp³-hybridized carbons (Fsp3) is 0.391. The van der Waals surface area contributed by atoms with Gasteiger partial charge in [-0.3, -0.25) is 9.59 Å². The second kappa shape index (κ2) is 9.56. The van der Waals surface area contributed by atoms with Crippen LogP contribution in [0.4, 0.5) is 5.69 Å². The van der Waals surface area contributed by atoms with Gasteiger partial charge in [-0.25, -0.2) is 0 Å². The predicted molar refractivity (Wildman–Crippen MR) is 112 cm³/mol. The minimum absolute atomic E-state index is 0.0616. The van der Waals surface area contributed by atoms with Gasteiger partial charge >= 0.3 is 0 Å². The normalized spacial score (nSPS) is 16.9. The molecule has 0 bridgehead atoms. The molecule has 2 amide bonds. The molecule has 1 fully saturated rings. The molecular weight excluding hydrogens is 368 g/mol. The fourth-order valence-corrected chi connectivity index (χ4v) is 3.35. The minimum atomic E-state index is -0.710.